The standard InChI is InChI=1S/C14H6Cl2N2OS2/c15-11-5-7(13(16)21-11)12(19)8(6-17)14-18-9-3-1-2-4-10(9)20-14/h1-5,19H/b12-8-. The van der Waals surface area contributed by atoms with Gasteiger partial charge in [0.25, 0.3) is 0 Å². The number of nitriles is 1. The second-order valence-corrected chi connectivity index (χ2v) is 7.38. The van der Waals surface area contributed by atoms with E-state index in [9.17, 15) is 10.4 Å². The molecule has 3 nitrogen and oxygen atoms in total. The Morgan fingerprint density at radius 2 is 2.00 bits per heavy atom. The van der Waals surface area contributed by atoms with Gasteiger partial charge in [0.05, 0.1) is 14.6 Å². The minimum Gasteiger partial charge on any atom is -0.506 e. The summed E-state index contributed by atoms with van der Waals surface area (Å²) in [6.07, 6.45) is 0. The summed E-state index contributed by atoms with van der Waals surface area (Å²) in [7, 11) is 0. The quantitative estimate of drug-likeness (QED) is 0.481. The molecule has 7 heteroatoms. The fourth-order valence-corrected chi connectivity index (χ4v) is 4.25. The zero-order chi connectivity index (χ0) is 15.0. The number of fused-ring (bicyclic) bond motifs is 1. The molecule has 104 valence electrons. The maximum absolute atomic E-state index is 10.3. The Hall–Kier alpha value is -1.58. The van der Waals surface area contributed by atoms with Gasteiger partial charge in [0.2, 0.25) is 0 Å². The van der Waals surface area contributed by atoms with Crippen LogP contribution in [0.2, 0.25) is 8.67 Å². The fourth-order valence-electron chi connectivity index (χ4n) is 1.82. The molecule has 0 radical (unpaired) electrons. The number of para-hydroxylation sites is 1. The molecular weight excluding hydrogens is 347 g/mol. The topological polar surface area (TPSA) is 56.9 Å². The molecular formula is C14H6Cl2N2OS2. The van der Waals surface area contributed by atoms with E-state index in [1.54, 1.807) is 0 Å². The van der Waals surface area contributed by atoms with Crippen LogP contribution in [0.25, 0.3) is 21.5 Å². The highest BCUT2D eigenvalue weighted by atomic mass is 35.5. The van der Waals surface area contributed by atoms with Gasteiger partial charge in [-0.1, -0.05) is 35.3 Å². The molecule has 1 aromatic carbocycles. The number of benzene rings is 1. The lowest BCUT2D eigenvalue weighted by Crippen LogP contribution is -1.88. The number of thiophene rings is 1. The fraction of sp³-hybridized carbons (Fsp3) is 0. The molecule has 0 saturated heterocycles. The Labute approximate surface area is 138 Å². The summed E-state index contributed by atoms with van der Waals surface area (Å²) in [5, 5.41) is 20.2. The van der Waals surface area contributed by atoms with Gasteiger partial charge in [-0.3, -0.25) is 0 Å². The van der Waals surface area contributed by atoms with Gasteiger partial charge in [0.1, 0.15) is 26.7 Å². The van der Waals surface area contributed by atoms with Crippen LogP contribution in [0.15, 0.2) is 30.3 Å². The van der Waals surface area contributed by atoms with Crippen molar-refractivity contribution in [2.75, 3.05) is 0 Å². The Bertz CT molecular complexity index is 872. The van der Waals surface area contributed by atoms with Crippen LogP contribution >= 0.6 is 45.9 Å². The summed E-state index contributed by atoms with van der Waals surface area (Å²) in [4.78, 5) is 4.37. The lowest BCUT2D eigenvalue weighted by atomic mass is 10.2. The minimum absolute atomic E-state index is 0.0903. The zero-order valence-corrected chi connectivity index (χ0v) is 13.4. The molecule has 0 aliphatic rings. The molecule has 0 spiro atoms. The summed E-state index contributed by atoms with van der Waals surface area (Å²) in [5.74, 6) is -0.204. The van der Waals surface area contributed by atoms with Gasteiger partial charge in [-0.05, 0) is 18.2 Å². The lowest BCUT2D eigenvalue weighted by Gasteiger charge is -2.00. The third-order valence-corrected chi connectivity index (χ3v) is 5.31. The van der Waals surface area contributed by atoms with E-state index >= 15 is 0 Å². The lowest BCUT2D eigenvalue weighted by molar-refractivity contribution is 0.514. The average Bonchev–Trinajstić information content (AvgIpc) is 3.02. The summed E-state index contributed by atoms with van der Waals surface area (Å²) >= 11 is 14.4. The highest BCUT2D eigenvalue weighted by molar-refractivity contribution is 7.20. The molecule has 21 heavy (non-hydrogen) atoms. The number of allylic oxidation sites excluding steroid dienone is 1. The van der Waals surface area contributed by atoms with Gasteiger partial charge in [0.15, 0.2) is 0 Å². The van der Waals surface area contributed by atoms with Crippen molar-refractivity contribution in [2.45, 2.75) is 0 Å². The molecule has 0 amide bonds. The first-order valence-corrected chi connectivity index (χ1v) is 8.13. The Morgan fingerprint density at radius 1 is 1.24 bits per heavy atom. The van der Waals surface area contributed by atoms with E-state index in [1.165, 1.54) is 17.4 Å². The first kappa shape index (κ1) is 14.4. The van der Waals surface area contributed by atoms with Crippen LogP contribution in [-0.4, -0.2) is 10.1 Å². The van der Waals surface area contributed by atoms with Crippen LogP contribution in [0.5, 0.6) is 0 Å². The monoisotopic (exact) mass is 352 g/mol. The van der Waals surface area contributed by atoms with Crippen molar-refractivity contribution >= 4 is 67.4 Å². The van der Waals surface area contributed by atoms with Gasteiger partial charge >= 0.3 is 0 Å². The SMILES string of the molecule is N#C/C(=C(/O)c1cc(Cl)sc1Cl)c1nc2ccccc2s1. The van der Waals surface area contributed by atoms with E-state index in [2.05, 4.69) is 4.98 Å². The predicted octanol–water partition coefficient (Wildman–Crippen LogP) is 5.61. The van der Waals surface area contributed by atoms with Gasteiger partial charge in [-0.2, -0.15) is 5.26 Å². The highest BCUT2D eigenvalue weighted by Crippen LogP contribution is 2.38. The Morgan fingerprint density at radius 3 is 2.62 bits per heavy atom. The van der Waals surface area contributed by atoms with Crippen LogP contribution in [0.3, 0.4) is 0 Å². The molecule has 2 heterocycles. The summed E-state index contributed by atoms with van der Waals surface area (Å²) in [5.41, 5.74) is 1.22. The van der Waals surface area contributed by atoms with Crippen molar-refractivity contribution in [2.24, 2.45) is 0 Å². The molecule has 2 aromatic heterocycles. The van der Waals surface area contributed by atoms with Gasteiger partial charge in [-0.15, -0.1) is 22.7 Å². The molecule has 3 aromatic rings. The summed E-state index contributed by atoms with van der Waals surface area (Å²) < 4.78 is 1.73. The van der Waals surface area contributed by atoms with Crippen molar-refractivity contribution in [3.63, 3.8) is 0 Å². The Kier molecular flexibility index (Phi) is 3.87. The van der Waals surface area contributed by atoms with E-state index in [0.29, 0.717) is 19.2 Å². The summed E-state index contributed by atoms with van der Waals surface area (Å²) in [6, 6.07) is 11.1. The number of aliphatic hydroxyl groups is 1. The summed E-state index contributed by atoms with van der Waals surface area (Å²) in [6.45, 7) is 0. The Balaban J connectivity index is 2.19. The third kappa shape index (κ3) is 2.63. The average molecular weight is 353 g/mol. The number of nitrogens with zero attached hydrogens (tertiary/aromatic N) is 2. The molecule has 0 fully saturated rings. The minimum atomic E-state index is -0.204. The van der Waals surface area contributed by atoms with E-state index < -0.39 is 0 Å². The van der Waals surface area contributed by atoms with Gasteiger partial charge in [-0.25, -0.2) is 4.98 Å². The number of thiazole rings is 1. The molecule has 0 aliphatic heterocycles. The van der Waals surface area contributed by atoms with E-state index in [-0.39, 0.29) is 11.3 Å². The first-order chi connectivity index (χ1) is 10.1. The van der Waals surface area contributed by atoms with Crippen molar-refractivity contribution in [1.82, 2.24) is 4.98 Å². The second kappa shape index (κ2) is 5.66. The number of hydrogen-bond donors (Lipinski definition) is 1. The highest BCUT2D eigenvalue weighted by Gasteiger charge is 2.18. The van der Waals surface area contributed by atoms with Gasteiger partial charge < -0.3 is 5.11 Å². The van der Waals surface area contributed by atoms with E-state index in [1.807, 2.05) is 30.3 Å². The zero-order valence-electron chi connectivity index (χ0n) is 10.3. The molecule has 0 bridgehead atoms. The van der Waals surface area contributed by atoms with Crippen molar-refractivity contribution in [1.29, 1.82) is 5.26 Å². The van der Waals surface area contributed by atoms with Crippen LogP contribution in [0, 0.1) is 11.3 Å². The van der Waals surface area contributed by atoms with Crippen molar-refractivity contribution in [3.8, 4) is 6.07 Å². The molecule has 0 saturated carbocycles. The van der Waals surface area contributed by atoms with Crippen LogP contribution < -0.4 is 0 Å². The van der Waals surface area contributed by atoms with Crippen molar-refractivity contribution < 1.29 is 5.11 Å². The molecule has 0 unspecified atom stereocenters. The molecule has 1 N–H and O–H groups in total. The first-order valence-electron chi connectivity index (χ1n) is 5.74. The number of aliphatic hydroxyl groups excluding tert-OH is 1. The second-order valence-electron chi connectivity index (χ2n) is 4.06. The van der Waals surface area contributed by atoms with Crippen LogP contribution in [0.4, 0.5) is 0 Å². The van der Waals surface area contributed by atoms with Crippen LogP contribution in [0.1, 0.15) is 10.6 Å². The predicted molar refractivity (Wildman–Crippen MR) is 89.0 cm³/mol. The maximum atomic E-state index is 10.3. The number of aromatic nitrogens is 1. The number of halogens is 2. The number of hydrogen-bond acceptors (Lipinski definition) is 5. The van der Waals surface area contributed by atoms with Crippen LogP contribution in [-0.2, 0) is 0 Å². The maximum Gasteiger partial charge on any atom is 0.146 e. The van der Waals surface area contributed by atoms with Gasteiger partial charge in [0, 0.05) is 5.56 Å². The normalized spacial score (nSPS) is 12.2. The molecule has 0 atom stereocenters. The largest absolute Gasteiger partial charge is 0.506 e. The molecule has 3 rings (SSSR count). The number of rotatable bonds is 2. The van der Waals surface area contributed by atoms with E-state index in [4.69, 9.17) is 23.2 Å². The smallest absolute Gasteiger partial charge is 0.146 e. The third-order valence-electron chi connectivity index (χ3n) is 2.77. The molecule has 0 aliphatic carbocycles. The van der Waals surface area contributed by atoms with Crippen molar-refractivity contribution in [3.05, 3.63) is 49.6 Å². The van der Waals surface area contributed by atoms with E-state index in [0.717, 1.165) is 21.6 Å².